The first-order valence-electron chi connectivity index (χ1n) is 10.6. The Bertz CT molecular complexity index is 1360. The molecule has 0 bridgehead atoms. The number of fused-ring (bicyclic) bond motifs is 1. The average molecular weight is 468 g/mol. The Morgan fingerprint density at radius 1 is 1.12 bits per heavy atom. The number of benzene rings is 2. The second-order valence-corrected chi connectivity index (χ2v) is 8.50. The van der Waals surface area contributed by atoms with Gasteiger partial charge in [-0.3, -0.25) is 4.79 Å². The highest BCUT2D eigenvalue weighted by molar-refractivity contribution is 6.38. The van der Waals surface area contributed by atoms with Crippen LogP contribution in [0.4, 0.5) is 8.78 Å². The van der Waals surface area contributed by atoms with E-state index in [0.29, 0.717) is 51.5 Å². The Kier molecular flexibility index (Phi) is 5.54. The van der Waals surface area contributed by atoms with Crippen LogP contribution in [0.1, 0.15) is 12.0 Å². The van der Waals surface area contributed by atoms with Crippen LogP contribution in [-0.4, -0.2) is 50.0 Å². The zero-order valence-corrected chi connectivity index (χ0v) is 18.6. The molecule has 1 aliphatic heterocycles. The van der Waals surface area contributed by atoms with E-state index in [9.17, 15) is 13.6 Å². The first kappa shape index (κ1) is 21.5. The van der Waals surface area contributed by atoms with E-state index in [4.69, 9.17) is 11.6 Å². The largest absolute Gasteiger partial charge is 0.338 e. The van der Waals surface area contributed by atoms with E-state index < -0.39 is 6.17 Å². The van der Waals surface area contributed by atoms with Crippen LogP contribution in [0.2, 0.25) is 5.02 Å². The van der Waals surface area contributed by atoms with Crippen LogP contribution in [0.3, 0.4) is 0 Å². The maximum Gasteiger partial charge on any atom is 0.244 e. The molecular formula is C24H20ClF2N5O. The highest BCUT2D eigenvalue weighted by Gasteiger charge is 2.28. The van der Waals surface area contributed by atoms with Crippen molar-refractivity contribution in [1.29, 1.82) is 0 Å². The molecule has 33 heavy (non-hydrogen) atoms. The molecule has 6 nitrogen and oxygen atoms in total. The summed E-state index contributed by atoms with van der Waals surface area (Å²) in [6.45, 7) is 1.98. The van der Waals surface area contributed by atoms with Crippen LogP contribution in [0, 0.1) is 12.7 Å². The number of alkyl halides is 1. The smallest absolute Gasteiger partial charge is 0.244 e. The Morgan fingerprint density at radius 3 is 2.61 bits per heavy atom. The van der Waals surface area contributed by atoms with Gasteiger partial charge < -0.3 is 4.90 Å². The monoisotopic (exact) mass is 467 g/mol. The Balaban J connectivity index is 1.66. The van der Waals surface area contributed by atoms with Gasteiger partial charge in [0.25, 0.3) is 0 Å². The fourth-order valence-electron chi connectivity index (χ4n) is 4.07. The number of aromatic nitrogens is 4. The zero-order valence-electron chi connectivity index (χ0n) is 17.8. The maximum atomic E-state index is 13.9. The molecule has 2 aromatic heterocycles. The molecule has 1 aliphatic rings. The number of halogens is 3. The van der Waals surface area contributed by atoms with Gasteiger partial charge in [0, 0.05) is 17.7 Å². The summed E-state index contributed by atoms with van der Waals surface area (Å²) in [6, 6.07) is 14.0. The fraction of sp³-hybridized carbons (Fsp3) is 0.250. The first-order chi connectivity index (χ1) is 15.9. The summed E-state index contributed by atoms with van der Waals surface area (Å²) in [4.78, 5) is 14.3. The van der Waals surface area contributed by atoms with Crippen molar-refractivity contribution in [3.63, 3.8) is 0 Å². The van der Waals surface area contributed by atoms with Gasteiger partial charge in [-0.25, -0.2) is 13.5 Å². The maximum absolute atomic E-state index is 13.9. The molecule has 1 saturated heterocycles. The number of hydrogen-bond donors (Lipinski definition) is 0. The van der Waals surface area contributed by atoms with E-state index in [1.807, 2.05) is 30.3 Å². The van der Waals surface area contributed by atoms with Crippen molar-refractivity contribution in [2.45, 2.75) is 26.1 Å². The minimum absolute atomic E-state index is 0.0760. The van der Waals surface area contributed by atoms with Gasteiger partial charge in [0.05, 0.1) is 17.0 Å². The molecule has 9 heteroatoms. The summed E-state index contributed by atoms with van der Waals surface area (Å²) in [5.74, 6) is -0.588. The van der Waals surface area contributed by atoms with E-state index in [1.54, 1.807) is 19.1 Å². The summed E-state index contributed by atoms with van der Waals surface area (Å²) in [5.41, 5.74) is 3.18. The molecule has 0 radical (unpaired) electrons. The van der Waals surface area contributed by atoms with E-state index >= 15 is 0 Å². The highest BCUT2D eigenvalue weighted by Crippen LogP contribution is 2.37. The van der Waals surface area contributed by atoms with Gasteiger partial charge >= 0.3 is 0 Å². The lowest BCUT2D eigenvalue weighted by Gasteiger charge is -2.15. The van der Waals surface area contributed by atoms with E-state index in [0.717, 1.165) is 5.56 Å². The number of aryl methyl sites for hydroxylation is 1. The van der Waals surface area contributed by atoms with Crippen molar-refractivity contribution < 1.29 is 13.6 Å². The number of hydrogen-bond acceptors (Lipinski definition) is 4. The molecule has 1 amide bonds. The molecule has 0 aliphatic carbocycles. The van der Waals surface area contributed by atoms with Crippen molar-refractivity contribution in [3.05, 3.63) is 64.9 Å². The van der Waals surface area contributed by atoms with Crippen LogP contribution in [0.25, 0.3) is 33.5 Å². The predicted molar refractivity (Wildman–Crippen MR) is 122 cm³/mol. The number of amides is 1. The molecule has 5 rings (SSSR count). The molecule has 168 valence electrons. The lowest BCUT2D eigenvalue weighted by Crippen LogP contribution is -2.32. The van der Waals surface area contributed by atoms with Gasteiger partial charge in [0.2, 0.25) is 5.91 Å². The molecule has 4 aromatic rings. The minimum Gasteiger partial charge on any atom is -0.338 e. The quantitative estimate of drug-likeness (QED) is 0.431. The summed E-state index contributed by atoms with van der Waals surface area (Å²) >= 11 is 6.82. The Hall–Kier alpha value is -3.39. The van der Waals surface area contributed by atoms with Crippen molar-refractivity contribution in [2.24, 2.45) is 0 Å². The molecule has 3 heterocycles. The molecule has 0 unspecified atom stereocenters. The number of carbonyl (C=O) groups excluding carboxylic acids is 1. The normalized spacial score (nSPS) is 16.0. The minimum atomic E-state index is -1.01. The highest BCUT2D eigenvalue weighted by atomic mass is 35.5. The van der Waals surface area contributed by atoms with Gasteiger partial charge in [-0.15, -0.1) is 10.2 Å². The number of nitrogens with zero attached hydrogens (tertiary/aromatic N) is 5. The summed E-state index contributed by atoms with van der Waals surface area (Å²) in [5, 5.41) is 14.1. The summed E-state index contributed by atoms with van der Waals surface area (Å²) in [6.07, 6.45) is -0.679. The SMILES string of the molecule is Cc1cc(-c2nn(CC(=O)N3CC[C@@H](F)C3)c3nnc(-c4ccccc4)c(Cl)c23)ccc1F. The van der Waals surface area contributed by atoms with Gasteiger partial charge in [-0.05, 0) is 37.1 Å². The number of carbonyl (C=O) groups is 1. The molecule has 0 saturated carbocycles. The molecular weight excluding hydrogens is 448 g/mol. The molecule has 1 fully saturated rings. The molecule has 0 N–H and O–H groups in total. The van der Waals surface area contributed by atoms with Crippen LogP contribution in [0.15, 0.2) is 48.5 Å². The van der Waals surface area contributed by atoms with Crippen molar-refractivity contribution in [2.75, 3.05) is 13.1 Å². The van der Waals surface area contributed by atoms with Crippen molar-refractivity contribution in [1.82, 2.24) is 24.9 Å². The Morgan fingerprint density at radius 2 is 1.91 bits per heavy atom. The third kappa shape index (κ3) is 3.95. The van der Waals surface area contributed by atoms with Gasteiger partial charge in [0.15, 0.2) is 5.65 Å². The third-order valence-electron chi connectivity index (χ3n) is 5.84. The molecule has 0 spiro atoms. The van der Waals surface area contributed by atoms with E-state index in [-0.39, 0.29) is 24.8 Å². The van der Waals surface area contributed by atoms with Gasteiger partial charge in [-0.2, -0.15) is 5.10 Å². The second-order valence-electron chi connectivity index (χ2n) is 8.12. The van der Waals surface area contributed by atoms with Crippen LogP contribution >= 0.6 is 11.6 Å². The summed E-state index contributed by atoms with van der Waals surface area (Å²) in [7, 11) is 0. The predicted octanol–water partition coefficient (Wildman–Crippen LogP) is 4.83. The Labute approximate surface area is 193 Å². The first-order valence-corrected chi connectivity index (χ1v) is 11.0. The van der Waals surface area contributed by atoms with Crippen LogP contribution < -0.4 is 0 Å². The van der Waals surface area contributed by atoms with Gasteiger partial charge in [-0.1, -0.05) is 41.9 Å². The van der Waals surface area contributed by atoms with E-state index in [1.165, 1.54) is 15.6 Å². The third-order valence-corrected chi connectivity index (χ3v) is 6.21. The fourth-order valence-corrected chi connectivity index (χ4v) is 4.39. The second kappa shape index (κ2) is 8.51. The summed E-state index contributed by atoms with van der Waals surface area (Å²) < 4.78 is 28.9. The lowest BCUT2D eigenvalue weighted by molar-refractivity contribution is -0.131. The standard InChI is InChI=1S/C24H20ClF2N5O/c1-14-11-16(7-8-18(14)27)22-20-21(25)23(15-5-3-2-4-6-15)28-29-24(20)32(30-22)13-19(33)31-10-9-17(26)12-31/h2-8,11,17H,9-10,12-13H2,1H3/t17-/m1/s1. The van der Waals surface area contributed by atoms with Crippen LogP contribution in [-0.2, 0) is 11.3 Å². The topological polar surface area (TPSA) is 63.9 Å². The molecule has 1 atom stereocenters. The van der Waals surface area contributed by atoms with E-state index in [2.05, 4.69) is 15.3 Å². The zero-order chi connectivity index (χ0) is 23.1. The van der Waals surface area contributed by atoms with Crippen LogP contribution in [0.5, 0.6) is 0 Å². The lowest BCUT2D eigenvalue weighted by atomic mass is 10.0. The van der Waals surface area contributed by atoms with Crippen molar-refractivity contribution >= 4 is 28.5 Å². The van der Waals surface area contributed by atoms with Crippen molar-refractivity contribution in [3.8, 4) is 22.5 Å². The molecule has 2 aromatic carbocycles. The number of likely N-dealkylation sites (tertiary alicyclic amines) is 1. The van der Waals surface area contributed by atoms with Gasteiger partial charge in [0.1, 0.15) is 29.9 Å². The average Bonchev–Trinajstić information content (AvgIpc) is 3.41. The number of rotatable bonds is 4.